The van der Waals surface area contributed by atoms with Gasteiger partial charge >= 0.3 is 0 Å². The molecule has 4 aliphatic rings. The van der Waals surface area contributed by atoms with Gasteiger partial charge in [-0.15, -0.1) is 0 Å². The lowest BCUT2D eigenvalue weighted by molar-refractivity contribution is -0.121. The normalized spacial score (nSPS) is 30.0. The Morgan fingerprint density at radius 3 is 1.69 bits per heavy atom. The first-order chi connectivity index (χ1) is 15.5. The molecule has 0 bridgehead atoms. The summed E-state index contributed by atoms with van der Waals surface area (Å²) in [6.07, 6.45) is 1.76. The molecule has 2 fully saturated rings. The Hall–Kier alpha value is -2.70. The molecule has 32 heavy (non-hydrogen) atoms. The van der Waals surface area contributed by atoms with E-state index < -0.39 is 0 Å². The lowest BCUT2D eigenvalue weighted by atomic mass is 9.81. The Kier molecular flexibility index (Phi) is 4.46. The van der Waals surface area contributed by atoms with Crippen molar-refractivity contribution in [3.05, 3.63) is 59.7 Å². The van der Waals surface area contributed by atoms with Crippen LogP contribution in [0.2, 0.25) is 0 Å². The minimum Gasteiger partial charge on any atom is -0.325 e. The van der Waals surface area contributed by atoms with Crippen LogP contribution in [0.5, 0.6) is 0 Å². The molecule has 6 rings (SSSR count). The summed E-state index contributed by atoms with van der Waals surface area (Å²) in [5.41, 5.74) is 3.49. The van der Waals surface area contributed by atoms with Gasteiger partial charge in [0.25, 0.3) is 0 Å². The highest BCUT2D eigenvalue weighted by molar-refractivity contribution is 6.07. The summed E-state index contributed by atoms with van der Waals surface area (Å²) in [7, 11) is 0. The largest absolute Gasteiger partial charge is 0.325 e. The Morgan fingerprint density at radius 1 is 0.781 bits per heavy atom. The topological polar surface area (TPSA) is 64.7 Å². The summed E-state index contributed by atoms with van der Waals surface area (Å²) in [6.45, 7) is 7.73. The second-order valence-electron chi connectivity index (χ2n) is 10.2. The maximum atomic E-state index is 12.9. The van der Waals surface area contributed by atoms with Crippen molar-refractivity contribution in [2.75, 3.05) is 49.9 Å². The van der Waals surface area contributed by atoms with Crippen molar-refractivity contribution in [2.24, 2.45) is 5.92 Å². The van der Waals surface area contributed by atoms with Gasteiger partial charge in [0.05, 0.1) is 10.8 Å². The number of benzene rings is 2. The molecule has 4 aliphatic heterocycles. The molecule has 0 aromatic heterocycles. The fourth-order valence-electron chi connectivity index (χ4n) is 6.59. The predicted molar refractivity (Wildman–Crippen MR) is 125 cm³/mol. The summed E-state index contributed by atoms with van der Waals surface area (Å²) in [6, 6.07) is 16.3. The van der Waals surface area contributed by atoms with Gasteiger partial charge in [-0.05, 0) is 55.1 Å². The summed E-state index contributed by atoms with van der Waals surface area (Å²) >= 11 is 0. The average Bonchev–Trinajstić information content (AvgIpc) is 3.52. The minimum atomic E-state index is -0.389. The van der Waals surface area contributed by atoms with E-state index in [-0.39, 0.29) is 22.6 Å². The van der Waals surface area contributed by atoms with Gasteiger partial charge in [-0.2, -0.15) is 0 Å². The molecule has 6 heteroatoms. The van der Waals surface area contributed by atoms with Crippen LogP contribution >= 0.6 is 0 Å². The van der Waals surface area contributed by atoms with Gasteiger partial charge in [-0.1, -0.05) is 43.3 Å². The van der Waals surface area contributed by atoms with E-state index in [4.69, 9.17) is 0 Å². The number of carbonyl (C=O) groups is 2. The van der Waals surface area contributed by atoms with E-state index in [0.29, 0.717) is 5.92 Å². The Labute approximate surface area is 189 Å². The smallest absolute Gasteiger partial charge is 0.236 e. The molecule has 2 amide bonds. The van der Waals surface area contributed by atoms with Crippen LogP contribution in [0.1, 0.15) is 30.9 Å². The number of nitrogens with one attached hydrogen (secondary N) is 2. The quantitative estimate of drug-likeness (QED) is 0.783. The number of hydrogen-bond donors (Lipinski definition) is 2. The highest BCUT2D eigenvalue weighted by atomic mass is 16.2. The van der Waals surface area contributed by atoms with Crippen molar-refractivity contribution in [1.29, 1.82) is 0 Å². The van der Waals surface area contributed by atoms with E-state index in [9.17, 15) is 9.59 Å². The minimum absolute atomic E-state index is 0.154. The molecule has 2 saturated heterocycles. The third-order valence-electron chi connectivity index (χ3n) is 8.09. The first-order valence-corrected chi connectivity index (χ1v) is 11.8. The lowest BCUT2D eigenvalue weighted by Gasteiger charge is -2.28. The van der Waals surface area contributed by atoms with Crippen molar-refractivity contribution < 1.29 is 9.59 Å². The third kappa shape index (κ3) is 2.86. The average molecular weight is 431 g/mol. The van der Waals surface area contributed by atoms with Crippen molar-refractivity contribution in [2.45, 2.75) is 30.6 Å². The van der Waals surface area contributed by atoms with Crippen LogP contribution in [0, 0.1) is 5.92 Å². The van der Waals surface area contributed by atoms with Gasteiger partial charge in [0.15, 0.2) is 0 Å². The second kappa shape index (κ2) is 7.15. The first kappa shape index (κ1) is 19.9. The van der Waals surface area contributed by atoms with Gasteiger partial charge in [-0.25, -0.2) is 0 Å². The summed E-state index contributed by atoms with van der Waals surface area (Å²) in [5.74, 6) is 0.780. The lowest BCUT2D eigenvalue weighted by Crippen LogP contribution is -2.41. The number of hydrogen-bond acceptors (Lipinski definition) is 4. The number of amides is 2. The number of carbonyl (C=O) groups excluding carboxylic acids is 2. The zero-order valence-electron chi connectivity index (χ0n) is 18.6. The van der Waals surface area contributed by atoms with Crippen LogP contribution in [-0.2, 0) is 20.4 Å². The Morgan fingerprint density at radius 2 is 1.22 bits per heavy atom. The molecule has 0 saturated carbocycles. The number of rotatable bonds is 4. The van der Waals surface area contributed by atoms with Crippen LogP contribution in [0.25, 0.3) is 0 Å². The molecular weight excluding hydrogens is 400 g/mol. The summed E-state index contributed by atoms with van der Waals surface area (Å²) < 4.78 is 0. The molecule has 2 N–H and O–H groups in total. The molecule has 166 valence electrons. The Bertz CT molecular complexity index is 1020. The molecule has 2 aromatic rings. The number of fused-ring (bicyclic) bond motifs is 4. The standard InChI is InChI=1S/C26H30N4O2/c1-18(14-29-12-10-25(16-29)19-6-2-4-8-21(19)27-23(25)31)15-30-13-11-26(17-30)20-7-3-5-9-22(20)28-24(26)32/h2-9,18H,10-17H2,1H3,(H,27,31)(H,28,32). The predicted octanol–water partition coefficient (Wildman–Crippen LogP) is 2.81. The molecule has 2 atom stereocenters. The van der Waals surface area contributed by atoms with Crippen molar-refractivity contribution in [1.82, 2.24) is 9.80 Å². The fraction of sp³-hybridized carbons (Fsp3) is 0.462. The van der Waals surface area contributed by atoms with Crippen LogP contribution in [-0.4, -0.2) is 60.9 Å². The van der Waals surface area contributed by atoms with Crippen LogP contribution in [0.3, 0.4) is 0 Å². The van der Waals surface area contributed by atoms with E-state index >= 15 is 0 Å². The van der Waals surface area contributed by atoms with E-state index in [1.807, 2.05) is 36.4 Å². The second-order valence-corrected chi connectivity index (χ2v) is 10.2. The van der Waals surface area contributed by atoms with E-state index in [2.05, 4.69) is 39.5 Å². The van der Waals surface area contributed by atoms with Gasteiger partial charge in [-0.3, -0.25) is 9.59 Å². The van der Waals surface area contributed by atoms with Gasteiger partial charge in [0.1, 0.15) is 0 Å². The van der Waals surface area contributed by atoms with Crippen LogP contribution in [0.4, 0.5) is 11.4 Å². The number of anilines is 2. The van der Waals surface area contributed by atoms with Crippen molar-refractivity contribution in [3.63, 3.8) is 0 Å². The van der Waals surface area contributed by atoms with E-state index in [1.165, 1.54) is 0 Å². The molecule has 4 heterocycles. The molecule has 6 nitrogen and oxygen atoms in total. The van der Waals surface area contributed by atoms with Crippen molar-refractivity contribution in [3.8, 4) is 0 Å². The van der Waals surface area contributed by atoms with Gasteiger partial charge in [0.2, 0.25) is 11.8 Å². The molecule has 2 spiro atoms. The fourth-order valence-corrected chi connectivity index (χ4v) is 6.59. The maximum absolute atomic E-state index is 12.9. The molecule has 2 unspecified atom stereocenters. The molecule has 0 aliphatic carbocycles. The van der Waals surface area contributed by atoms with Crippen LogP contribution in [0.15, 0.2) is 48.5 Å². The molecule has 0 radical (unpaired) electrons. The van der Waals surface area contributed by atoms with Gasteiger partial charge < -0.3 is 20.4 Å². The van der Waals surface area contributed by atoms with E-state index in [1.54, 1.807) is 0 Å². The molecular formula is C26H30N4O2. The number of likely N-dealkylation sites (tertiary alicyclic amines) is 2. The first-order valence-electron chi connectivity index (χ1n) is 11.8. The summed E-state index contributed by atoms with van der Waals surface area (Å²) in [5, 5.41) is 6.18. The van der Waals surface area contributed by atoms with Gasteiger partial charge in [0, 0.05) is 37.6 Å². The summed E-state index contributed by atoms with van der Waals surface area (Å²) in [4.78, 5) is 30.6. The third-order valence-corrected chi connectivity index (χ3v) is 8.09. The zero-order chi connectivity index (χ0) is 21.9. The highest BCUT2D eigenvalue weighted by Crippen LogP contribution is 2.45. The number of para-hydroxylation sites is 2. The molecule has 2 aromatic carbocycles. The highest BCUT2D eigenvalue weighted by Gasteiger charge is 2.52. The SMILES string of the molecule is CC(CN1CCC2(C1)C(=O)Nc1ccccc12)CN1CCC2(C1)C(=O)Nc1ccccc12. The van der Waals surface area contributed by atoms with E-state index in [0.717, 1.165) is 74.6 Å². The number of nitrogens with zero attached hydrogens (tertiary/aromatic N) is 2. The monoisotopic (exact) mass is 430 g/mol. The van der Waals surface area contributed by atoms with Crippen LogP contribution < -0.4 is 10.6 Å². The maximum Gasteiger partial charge on any atom is 0.236 e. The van der Waals surface area contributed by atoms with Crippen molar-refractivity contribution >= 4 is 23.2 Å². The Balaban J connectivity index is 1.10. The zero-order valence-corrected chi connectivity index (χ0v) is 18.6.